The molecule has 72 valence electrons. The van der Waals surface area contributed by atoms with Gasteiger partial charge in [0.05, 0.1) is 18.5 Å². The van der Waals surface area contributed by atoms with E-state index in [0.29, 0.717) is 25.0 Å². The zero-order chi connectivity index (χ0) is 9.68. The molecule has 4 heteroatoms. The van der Waals surface area contributed by atoms with E-state index < -0.39 is 0 Å². The number of nitriles is 1. The average Bonchev–Trinajstić information content (AvgIpc) is 2.90. The van der Waals surface area contributed by atoms with E-state index in [4.69, 9.17) is 11.0 Å². The van der Waals surface area contributed by atoms with Gasteiger partial charge >= 0.3 is 0 Å². The average molecular weight is 180 g/mol. The topological polar surface area (TPSA) is 65.4 Å². The van der Waals surface area contributed by atoms with Crippen LogP contribution in [0.4, 0.5) is 0 Å². The van der Waals surface area contributed by atoms with Gasteiger partial charge in [0.15, 0.2) is 5.96 Å². The predicted molar refractivity (Wildman–Crippen MR) is 52.1 cm³/mol. The Bertz CT molecular complexity index is 224. The van der Waals surface area contributed by atoms with Gasteiger partial charge < -0.3 is 10.6 Å². The summed E-state index contributed by atoms with van der Waals surface area (Å²) in [6.45, 7) is 3.53. The molecular weight excluding hydrogens is 164 g/mol. The van der Waals surface area contributed by atoms with Crippen molar-refractivity contribution in [2.24, 2.45) is 10.7 Å². The summed E-state index contributed by atoms with van der Waals surface area (Å²) in [6.07, 6.45) is 2.84. The van der Waals surface area contributed by atoms with E-state index >= 15 is 0 Å². The minimum atomic E-state index is 0.455. The second-order valence-corrected chi connectivity index (χ2v) is 3.21. The highest BCUT2D eigenvalue weighted by Crippen LogP contribution is 2.23. The number of hydrogen-bond donors (Lipinski definition) is 1. The van der Waals surface area contributed by atoms with Crippen LogP contribution in [0.15, 0.2) is 4.99 Å². The smallest absolute Gasteiger partial charge is 0.191 e. The van der Waals surface area contributed by atoms with Gasteiger partial charge in [-0.25, -0.2) is 4.99 Å². The van der Waals surface area contributed by atoms with E-state index in [1.165, 1.54) is 0 Å². The quantitative estimate of drug-likeness (QED) is 0.511. The normalized spacial score (nSPS) is 16.8. The van der Waals surface area contributed by atoms with E-state index in [0.717, 1.165) is 19.4 Å². The first-order valence-electron chi connectivity index (χ1n) is 4.73. The monoisotopic (exact) mass is 180 g/mol. The maximum Gasteiger partial charge on any atom is 0.191 e. The highest BCUT2D eigenvalue weighted by Gasteiger charge is 2.21. The van der Waals surface area contributed by atoms with Gasteiger partial charge in [0.25, 0.3) is 0 Å². The first-order chi connectivity index (χ1) is 6.27. The molecule has 13 heavy (non-hydrogen) atoms. The van der Waals surface area contributed by atoms with Gasteiger partial charge in [-0.3, -0.25) is 0 Å². The molecule has 0 amide bonds. The summed E-state index contributed by atoms with van der Waals surface area (Å²) in [5.74, 6) is 0.597. The van der Waals surface area contributed by atoms with Crippen molar-refractivity contribution in [3.63, 3.8) is 0 Å². The minimum absolute atomic E-state index is 0.455. The molecule has 0 aromatic rings. The van der Waals surface area contributed by atoms with Crippen LogP contribution in [0, 0.1) is 11.3 Å². The summed E-state index contributed by atoms with van der Waals surface area (Å²) >= 11 is 0. The molecular formula is C9H16N4. The lowest BCUT2D eigenvalue weighted by Gasteiger charge is -2.20. The lowest BCUT2D eigenvalue weighted by atomic mass is 10.4. The standard InChI is InChI=1S/C9H16N4/c1-2-13(7-3-6-10)9(11)12-8-4-5-8/h8H,2-5,7H2,1H3,(H2,11,12). The van der Waals surface area contributed by atoms with Crippen LogP contribution < -0.4 is 5.73 Å². The Labute approximate surface area is 79.0 Å². The zero-order valence-electron chi connectivity index (χ0n) is 8.03. The summed E-state index contributed by atoms with van der Waals surface area (Å²) in [6, 6.07) is 2.56. The van der Waals surface area contributed by atoms with Gasteiger partial charge in [-0.05, 0) is 19.8 Å². The van der Waals surface area contributed by atoms with Crippen molar-refractivity contribution in [3.8, 4) is 6.07 Å². The fourth-order valence-corrected chi connectivity index (χ4v) is 1.09. The first-order valence-corrected chi connectivity index (χ1v) is 4.73. The summed E-state index contributed by atoms with van der Waals surface area (Å²) in [5.41, 5.74) is 5.78. The Morgan fingerprint density at radius 3 is 2.85 bits per heavy atom. The van der Waals surface area contributed by atoms with Crippen molar-refractivity contribution < 1.29 is 0 Å². The van der Waals surface area contributed by atoms with Gasteiger partial charge in [-0.2, -0.15) is 5.26 Å². The number of hydrogen-bond acceptors (Lipinski definition) is 2. The minimum Gasteiger partial charge on any atom is -0.370 e. The molecule has 0 aromatic carbocycles. The molecule has 1 rings (SSSR count). The third-order valence-electron chi connectivity index (χ3n) is 2.06. The Balaban J connectivity index is 2.39. The largest absolute Gasteiger partial charge is 0.370 e. The molecule has 0 unspecified atom stereocenters. The third-order valence-corrected chi connectivity index (χ3v) is 2.06. The number of nitrogens with two attached hydrogens (primary N) is 1. The van der Waals surface area contributed by atoms with E-state index in [-0.39, 0.29) is 0 Å². The van der Waals surface area contributed by atoms with Crippen LogP contribution in [0.5, 0.6) is 0 Å². The SMILES string of the molecule is CCN(CCC#N)C(N)=NC1CC1. The molecule has 0 saturated heterocycles. The number of rotatable bonds is 4. The summed E-state index contributed by atoms with van der Waals surface area (Å²) in [5, 5.41) is 8.43. The molecule has 0 aromatic heterocycles. The second kappa shape index (κ2) is 4.70. The van der Waals surface area contributed by atoms with Crippen LogP contribution in [-0.2, 0) is 0 Å². The molecule has 0 heterocycles. The molecule has 4 nitrogen and oxygen atoms in total. The molecule has 0 atom stereocenters. The van der Waals surface area contributed by atoms with Crippen molar-refractivity contribution >= 4 is 5.96 Å². The highest BCUT2D eigenvalue weighted by atomic mass is 15.3. The number of nitrogens with zero attached hydrogens (tertiary/aromatic N) is 3. The van der Waals surface area contributed by atoms with Gasteiger partial charge in [0.1, 0.15) is 0 Å². The summed E-state index contributed by atoms with van der Waals surface area (Å²) in [4.78, 5) is 6.27. The summed E-state index contributed by atoms with van der Waals surface area (Å²) < 4.78 is 0. The van der Waals surface area contributed by atoms with Crippen molar-refractivity contribution in [3.05, 3.63) is 0 Å². The van der Waals surface area contributed by atoms with E-state index in [1.54, 1.807) is 0 Å². The third kappa shape index (κ3) is 3.32. The fourth-order valence-electron chi connectivity index (χ4n) is 1.09. The molecule has 2 N–H and O–H groups in total. The highest BCUT2D eigenvalue weighted by molar-refractivity contribution is 5.78. The van der Waals surface area contributed by atoms with Gasteiger partial charge in [0, 0.05) is 13.1 Å². The van der Waals surface area contributed by atoms with E-state index in [1.807, 2.05) is 11.8 Å². The Kier molecular flexibility index (Phi) is 3.56. The number of guanidine groups is 1. The number of aliphatic imine (C=N–C) groups is 1. The maximum absolute atomic E-state index is 8.43. The fraction of sp³-hybridized carbons (Fsp3) is 0.778. The van der Waals surface area contributed by atoms with Crippen molar-refractivity contribution in [1.29, 1.82) is 5.26 Å². The molecule has 0 bridgehead atoms. The van der Waals surface area contributed by atoms with E-state index in [2.05, 4.69) is 11.1 Å². The molecule has 0 aliphatic heterocycles. The van der Waals surface area contributed by atoms with Gasteiger partial charge in [0.2, 0.25) is 0 Å². The van der Waals surface area contributed by atoms with Crippen LogP contribution >= 0.6 is 0 Å². The van der Waals surface area contributed by atoms with Crippen molar-refractivity contribution in [1.82, 2.24) is 4.90 Å². The van der Waals surface area contributed by atoms with Gasteiger partial charge in [-0.15, -0.1) is 0 Å². The first kappa shape index (κ1) is 9.85. The van der Waals surface area contributed by atoms with Crippen LogP contribution in [0.1, 0.15) is 26.2 Å². The summed E-state index contributed by atoms with van der Waals surface area (Å²) in [7, 11) is 0. The van der Waals surface area contributed by atoms with Crippen LogP contribution in [0.25, 0.3) is 0 Å². The van der Waals surface area contributed by atoms with Gasteiger partial charge in [-0.1, -0.05) is 0 Å². The lowest BCUT2D eigenvalue weighted by molar-refractivity contribution is 0.443. The maximum atomic E-state index is 8.43. The second-order valence-electron chi connectivity index (χ2n) is 3.21. The molecule has 1 aliphatic rings. The molecule has 1 saturated carbocycles. The molecule has 1 fully saturated rings. The molecule has 0 radical (unpaired) electrons. The Morgan fingerprint density at radius 1 is 1.69 bits per heavy atom. The lowest BCUT2D eigenvalue weighted by Crippen LogP contribution is -2.38. The molecule has 0 spiro atoms. The van der Waals surface area contributed by atoms with E-state index in [9.17, 15) is 0 Å². The van der Waals surface area contributed by atoms with Crippen LogP contribution in [0.3, 0.4) is 0 Å². The van der Waals surface area contributed by atoms with Crippen molar-refractivity contribution in [2.75, 3.05) is 13.1 Å². The Morgan fingerprint density at radius 2 is 2.38 bits per heavy atom. The Hall–Kier alpha value is -1.24. The zero-order valence-corrected chi connectivity index (χ0v) is 8.03. The van der Waals surface area contributed by atoms with Crippen molar-refractivity contribution in [2.45, 2.75) is 32.2 Å². The van der Waals surface area contributed by atoms with Crippen LogP contribution in [0.2, 0.25) is 0 Å². The molecule has 1 aliphatic carbocycles. The van der Waals surface area contributed by atoms with Crippen LogP contribution in [-0.4, -0.2) is 30.0 Å². The predicted octanol–water partition coefficient (Wildman–Crippen LogP) is 0.699.